The van der Waals surface area contributed by atoms with E-state index in [9.17, 15) is 14.7 Å². The summed E-state index contributed by atoms with van der Waals surface area (Å²) in [5, 5.41) is 9.49. The molecule has 3 rings (SSSR count). The van der Waals surface area contributed by atoms with Crippen LogP contribution < -0.4 is 0 Å². The summed E-state index contributed by atoms with van der Waals surface area (Å²) in [6.45, 7) is 2.91. The summed E-state index contributed by atoms with van der Waals surface area (Å²) in [5.41, 5.74) is 0.555. The fourth-order valence-electron chi connectivity index (χ4n) is 2.91. The van der Waals surface area contributed by atoms with Crippen LogP contribution in [0.1, 0.15) is 33.1 Å². The fourth-order valence-corrected chi connectivity index (χ4v) is 2.91. The van der Waals surface area contributed by atoms with Crippen LogP contribution in [-0.4, -0.2) is 23.0 Å². The van der Waals surface area contributed by atoms with Gasteiger partial charge in [-0.25, -0.2) is 0 Å². The summed E-state index contributed by atoms with van der Waals surface area (Å²) in [7, 11) is 0. The first kappa shape index (κ1) is 11.2. The third-order valence-corrected chi connectivity index (χ3v) is 3.51. The first-order valence-corrected chi connectivity index (χ1v) is 5.62. The van der Waals surface area contributed by atoms with Gasteiger partial charge in [0.25, 0.3) is 0 Å². The maximum atomic E-state index is 12.0. The number of ketones is 1. The molecule has 3 saturated carbocycles. The first-order chi connectivity index (χ1) is 7.50. The molecule has 3 atom stereocenters. The number of rotatable bonds is 1. The molecule has 3 fully saturated rings. The fraction of sp³-hybridized carbons (Fsp3) is 0.667. The second kappa shape index (κ2) is 3.92. The van der Waals surface area contributed by atoms with Gasteiger partial charge in [0.1, 0.15) is 6.10 Å². The largest absolute Gasteiger partial charge is 0.512 e. The van der Waals surface area contributed by atoms with E-state index in [1.807, 2.05) is 0 Å². The number of aliphatic hydroxyl groups is 1. The molecule has 3 aliphatic rings. The zero-order chi connectivity index (χ0) is 11.9. The van der Waals surface area contributed by atoms with Crippen molar-refractivity contribution >= 4 is 11.8 Å². The third-order valence-electron chi connectivity index (χ3n) is 3.51. The molecular weight excluding hydrogens is 208 g/mol. The van der Waals surface area contributed by atoms with Crippen LogP contribution >= 0.6 is 0 Å². The van der Waals surface area contributed by atoms with Crippen molar-refractivity contribution in [3.63, 3.8) is 0 Å². The van der Waals surface area contributed by atoms with Gasteiger partial charge in [0.05, 0.1) is 11.7 Å². The van der Waals surface area contributed by atoms with Crippen LogP contribution in [0.5, 0.6) is 0 Å². The molecule has 0 unspecified atom stereocenters. The van der Waals surface area contributed by atoms with Gasteiger partial charge in [0.15, 0.2) is 5.78 Å². The Balaban J connectivity index is 2.23. The minimum Gasteiger partial charge on any atom is -0.512 e. The van der Waals surface area contributed by atoms with Gasteiger partial charge in [0.2, 0.25) is 0 Å². The number of esters is 1. The number of Topliss-reactive ketones (excluding diaryl/α,β-unsaturated/α-hetero) is 1. The lowest BCUT2D eigenvalue weighted by Gasteiger charge is -2.41. The molecule has 0 aromatic heterocycles. The van der Waals surface area contributed by atoms with Crippen molar-refractivity contribution in [3.05, 3.63) is 11.3 Å². The van der Waals surface area contributed by atoms with Gasteiger partial charge in [-0.15, -0.1) is 0 Å². The Labute approximate surface area is 94.3 Å². The third kappa shape index (κ3) is 1.72. The van der Waals surface area contributed by atoms with Crippen LogP contribution in [0.15, 0.2) is 11.3 Å². The van der Waals surface area contributed by atoms with E-state index in [0.29, 0.717) is 12.0 Å². The Kier molecular flexibility index (Phi) is 2.74. The Morgan fingerprint density at radius 2 is 2.06 bits per heavy atom. The highest BCUT2D eigenvalue weighted by molar-refractivity contribution is 6.00. The standard InChI is InChI=1S/C12H16O4/c1-6(13)11-8-3-4-9(12(11)15)10(5-8)16-7(2)14/h8-10,13H,3-5H2,1-2H3/b11-6-/t8-,9+,10-/m0/s1. The number of allylic oxidation sites excluding steroid dienone is 2. The molecule has 0 radical (unpaired) electrons. The van der Waals surface area contributed by atoms with Gasteiger partial charge in [-0.2, -0.15) is 0 Å². The molecule has 1 N–H and O–H groups in total. The zero-order valence-electron chi connectivity index (χ0n) is 9.53. The predicted molar refractivity (Wildman–Crippen MR) is 56.7 cm³/mol. The molecule has 16 heavy (non-hydrogen) atoms. The summed E-state index contributed by atoms with van der Waals surface area (Å²) in [4.78, 5) is 22.9. The van der Waals surface area contributed by atoms with Gasteiger partial charge >= 0.3 is 5.97 Å². The summed E-state index contributed by atoms with van der Waals surface area (Å²) in [5.74, 6) is -0.427. The maximum absolute atomic E-state index is 12.0. The van der Waals surface area contributed by atoms with Crippen molar-refractivity contribution < 1.29 is 19.4 Å². The van der Waals surface area contributed by atoms with Crippen molar-refractivity contribution in [2.75, 3.05) is 0 Å². The molecule has 88 valence electrons. The van der Waals surface area contributed by atoms with Crippen molar-refractivity contribution in [2.45, 2.75) is 39.2 Å². The summed E-state index contributed by atoms with van der Waals surface area (Å²) in [6.07, 6.45) is 2.05. The molecule has 0 spiro atoms. The van der Waals surface area contributed by atoms with Gasteiger partial charge in [0, 0.05) is 12.5 Å². The lowest BCUT2D eigenvalue weighted by Crippen LogP contribution is -2.46. The molecule has 0 aromatic carbocycles. The van der Waals surface area contributed by atoms with Crippen LogP contribution in [0.25, 0.3) is 0 Å². The number of fused-ring (bicyclic) bond motifs is 3. The first-order valence-electron chi connectivity index (χ1n) is 5.62. The molecule has 0 aliphatic heterocycles. The molecule has 4 nitrogen and oxygen atoms in total. The van der Waals surface area contributed by atoms with E-state index in [0.717, 1.165) is 12.8 Å². The van der Waals surface area contributed by atoms with E-state index < -0.39 is 0 Å². The maximum Gasteiger partial charge on any atom is 0.302 e. The quantitative estimate of drug-likeness (QED) is 0.418. The van der Waals surface area contributed by atoms with E-state index >= 15 is 0 Å². The van der Waals surface area contributed by atoms with Crippen LogP contribution in [0.4, 0.5) is 0 Å². The molecule has 0 saturated heterocycles. The highest BCUT2D eigenvalue weighted by Gasteiger charge is 2.47. The van der Waals surface area contributed by atoms with Gasteiger partial charge in [-0.1, -0.05) is 0 Å². The van der Waals surface area contributed by atoms with Crippen molar-refractivity contribution in [3.8, 4) is 0 Å². The van der Waals surface area contributed by atoms with Crippen LogP contribution in [0, 0.1) is 11.8 Å². The highest BCUT2D eigenvalue weighted by Crippen LogP contribution is 2.44. The molecule has 2 bridgehead atoms. The van der Waals surface area contributed by atoms with E-state index in [4.69, 9.17) is 4.74 Å². The molecule has 0 amide bonds. The monoisotopic (exact) mass is 224 g/mol. The van der Waals surface area contributed by atoms with Crippen LogP contribution in [-0.2, 0) is 14.3 Å². The van der Waals surface area contributed by atoms with Gasteiger partial charge in [-0.05, 0) is 32.1 Å². The lowest BCUT2D eigenvalue weighted by molar-refractivity contribution is -0.156. The van der Waals surface area contributed by atoms with Crippen molar-refractivity contribution in [1.82, 2.24) is 0 Å². The number of ether oxygens (including phenoxy) is 1. The Hall–Kier alpha value is -1.32. The molecule has 0 aromatic rings. The zero-order valence-corrected chi connectivity index (χ0v) is 9.53. The summed E-state index contributed by atoms with van der Waals surface area (Å²) in [6, 6.07) is 0. The van der Waals surface area contributed by atoms with E-state index in [1.165, 1.54) is 6.92 Å². The minimum absolute atomic E-state index is 0.0336. The van der Waals surface area contributed by atoms with Crippen LogP contribution in [0.3, 0.4) is 0 Å². The van der Waals surface area contributed by atoms with Gasteiger partial charge in [-0.3, -0.25) is 9.59 Å². The number of hydrogen-bond donors (Lipinski definition) is 1. The lowest BCUT2D eigenvalue weighted by atomic mass is 9.65. The molecule has 4 heteroatoms. The van der Waals surface area contributed by atoms with E-state index in [1.54, 1.807) is 6.92 Å². The molecule has 0 heterocycles. The van der Waals surface area contributed by atoms with E-state index in [2.05, 4.69) is 0 Å². The number of carbonyl (C=O) groups is 2. The predicted octanol–water partition coefficient (Wildman–Crippen LogP) is 1.75. The average Bonchev–Trinajstić information content (AvgIpc) is 2.16. The Bertz CT molecular complexity index is 365. The Morgan fingerprint density at radius 3 is 2.56 bits per heavy atom. The number of hydrogen-bond acceptors (Lipinski definition) is 4. The topological polar surface area (TPSA) is 63.6 Å². The molecular formula is C12H16O4. The number of aliphatic hydroxyl groups excluding tert-OH is 1. The van der Waals surface area contributed by atoms with Crippen LogP contribution in [0.2, 0.25) is 0 Å². The number of carbonyl (C=O) groups excluding carboxylic acids is 2. The second-order valence-electron chi connectivity index (χ2n) is 4.63. The Morgan fingerprint density at radius 1 is 1.38 bits per heavy atom. The summed E-state index contributed by atoms with van der Waals surface area (Å²) < 4.78 is 5.16. The molecule has 3 aliphatic carbocycles. The smallest absolute Gasteiger partial charge is 0.302 e. The summed E-state index contributed by atoms with van der Waals surface area (Å²) >= 11 is 0. The van der Waals surface area contributed by atoms with E-state index in [-0.39, 0.29) is 35.5 Å². The average molecular weight is 224 g/mol. The van der Waals surface area contributed by atoms with Gasteiger partial charge < -0.3 is 9.84 Å². The second-order valence-corrected chi connectivity index (χ2v) is 4.63. The van der Waals surface area contributed by atoms with Crippen molar-refractivity contribution in [1.29, 1.82) is 0 Å². The SMILES string of the molecule is CC(=O)O[C@H]1C[C@@H]2CC[C@H]1C(=O)/C2=C(/C)O. The minimum atomic E-state index is -0.336. The highest BCUT2D eigenvalue weighted by atomic mass is 16.5. The normalized spacial score (nSPS) is 36.1. The van der Waals surface area contributed by atoms with Crippen molar-refractivity contribution in [2.24, 2.45) is 11.8 Å².